The van der Waals surface area contributed by atoms with Crippen molar-refractivity contribution >= 4 is 17.9 Å². The third-order valence-corrected chi connectivity index (χ3v) is 6.59. The van der Waals surface area contributed by atoms with E-state index >= 15 is 0 Å². The summed E-state index contributed by atoms with van der Waals surface area (Å²) in [5.74, 6) is -0.270. The van der Waals surface area contributed by atoms with E-state index in [1.54, 1.807) is 11.8 Å². The Kier molecular flexibility index (Phi) is 5.84. The summed E-state index contributed by atoms with van der Waals surface area (Å²) in [6.45, 7) is 3.77. The average molecular weight is 442 g/mol. The molecule has 0 N–H and O–H groups in total. The Bertz CT molecular complexity index is 1050. The molecule has 0 aliphatic carbocycles. The van der Waals surface area contributed by atoms with Crippen molar-refractivity contribution < 1.29 is 22.8 Å². The standard InChI is InChI=1S/C25H25F3N2O2/c1-18(31)30-16-20-7-3-4-8-21(20)24(17-30)12-14-29(15-13-24)23(32)11-10-19-6-2-5-9-22(19)25(26,27)28/h2-11H,12-17H2,1H3/b11-10+. The Hall–Kier alpha value is -3.09. The second-order valence-corrected chi connectivity index (χ2v) is 8.56. The van der Waals surface area contributed by atoms with Gasteiger partial charge in [0.25, 0.3) is 0 Å². The van der Waals surface area contributed by atoms with Gasteiger partial charge in [0.1, 0.15) is 0 Å². The van der Waals surface area contributed by atoms with Crippen LogP contribution in [0.15, 0.2) is 54.6 Å². The monoisotopic (exact) mass is 442 g/mol. The van der Waals surface area contributed by atoms with Crippen LogP contribution >= 0.6 is 0 Å². The Balaban J connectivity index is 1.49. The molecule has 2 aliphatic heterocycles. The quantitative estimate of drug-likeness (QED) is 0.636. The molecular weight excluding hydrogens is 417 g/mol. The van der Waals surface area contributed by atoms with E-state index < -0.39 is 11.7 Å². The maximum Gasteiger partial charge on any atom is 0.416 e. The number of hydrogen-bond donors (Lipinski definition) is 0. The molecule has 4 rings (SSSR count). The number of alkyl halides is 3. The van der Waals surface area contributed by atoms with Gasteiger partial charge in [0, 0.05) is 44.6 Å². The average Bonchev–Trinajstić information content (AvgIpc) is 2.77. The van der Waals surface area contributed by atoms with E-state index in [2.05, 4.69) is 6.07 Å². The van der Waals surface area contributed by atoms with Crippen LogP contribution in [0.5, 0.6) is 0 Å². The Morgan fingerprint density at radius 1 is 0.969 bits per heavy atom. The van der Waals surface area contributed by atoms with Crippen LogP contribution in [0.25, 0.3) is 6.08 Å². The molecule has 1 saturated heterocycles. The zero-order valence-corrected chi connectivity index (χ0v) is 17.9. The van der Waals surface area contributed by atoms with Crippen molar-refractivity contribution in [2.45, 2.75) is 37.9 Å². The summed E-state index contributed by atoms with van der Waals surface area (Å²) in [6.07, 6.45) is -0.611. The molecule has 0 radical (unpaired) electrons. The zero-order valence-electron chi connectivity index (χ0n) is 17.9. The van der Waals surface area contributed by atoms with Crippen LogP contribution in [-0.4, -0.2) is 41.2 Å². The van der Waals surface area contributed by atoms with Crippen LogP contribution in [0.4, 0.5) is 13.2 Å². The SMILES string of the molecule is CC(=O)N1Cc2ccccc2C2(CCN(C(=O)/C=C/c3ccccc3C(F)(F)F)CC2)C1. The smallest absolute Gasteiger partial charge is 0.339 e. The van der Waals surface area contributed by atoms with E-state index in [0.717, 1.165) is 11.6 Å². The van der Waals surface area contributed by atoms with Crippen LogP contribution in [0.1, 0.15) is 42.0 Å². The summed E-state index contributed by atoms with van der Waals surface area (Å²) in [4.78, 5) is 28.3. The molecule has 2 aromatic carbocycles. The van der Waals surface area contributed by atoms with Gasteiger partial charge < -0.3 is 9.80 Å². The van der Waals surface area contributed by atoms with Gasteiger partial charge in [0.2, 0.25) is 11.8 Å². The number of likely N-dealkylation sites (tertiary alicyclic amines) is 1. The van der Waals surface area contributed by atoms with Gasteiger partial charge in [-0.3, -0.25) is 9.59 Å². The topological polar surface area (TPSA) is 40.6 Å². The summed E-state index contributed by atoms with van der Waals surface area (Å²) < 4.78 is 39.5. The molecule has 1 fully saturated rings. The van der Waals surface area contributed by atoms with Crippen molar-refractivity contribution in [2.75, 3.05) is 19.6 Å². The molecule has 0 atom stereocenters. The molecule has 4 nitrogen and oxygen atoms in total. The molecule has 7 heteroatoms. The molecular formula is C25H25F3N2O2. The minimum absolute atomic E-state index is 0.0277. The fourth-order valence-corrected chi connectivity index (χ4v) is 4.86. The van der Waals surface area contributed by atoms with E-state index in [0.29, 0.717) is 39.0 Å². The Morgan fingerprint density at radius 3 is 2.31 bits per heavy atom. The molecule has 0 bridgehead atoms. The third-order valence-electron chi connectivity index (χ3n) is 6.59. The number of halogens is 3. The molecule has 32 heavy (non-hydrogen) atoms. The summed E-state index contributed by atoms with van der Waals surface area (Å²) in [5.41, 5.74) is 1.38. The number of rotatable bonds is 2. The van der Waals surface area contributed by atoms with Gasteiger partial charge in [0.05, 0.1) is 5.56 Å². The first kappa shape index (κ1) is 22.1. The molecule has 0 saturated carbocycles. The molecule has 0 unspecified atom stereocenters. The van der Waals surface area contributed by atoms with E-state index in [1.807, 2.05) is 23.1 Å². The highest BCUT2D eigenvalue weighted by Gasteiger charge is 2.43. The number of nitrogens with zero attached hydrogens (tertiary/aromatic N) is 2. The highest BCUT2D eigenvalue weighted by molar-refractivity contribution is 5.92. The number of carbonyl (C=O) groups is 2. The summed E-state index contributed by atoms with van der Waals surface area (Å²) in [5, 5.41) is 0. The van der Waals surface area contributed by atoms with Gasteiger partial charge in [-0.2, -0.15) is 13.2 Å². The lowest BCUT2D eigenvalue weighted by atomic mass is 9.69. The molecule has 2 amide bonds. The lowest BCUT2D eigenvalue weighted by Crippen LogP contribution is -2.53. The molecule has 0 aromatic heterocycles. The van der Waals surface area contributed by atoms with E-state index in [9.17, 15) is 22.8 Å². The predicted octanol–water partition coefficient (Wildman–Crippen LogP) is 4.64. The maximum atomic E-state index is 13.2. The Labute approximate surface area is 185 Å². The van der Waals surface area contributed by atoms with Crippen molar-refractivity contribution in [1.29, 1.82) is 0 Å². The number of piperidine rings is 1. The molecule has 168 valence electrons. The van der Waals surface area contributed by atoms with Crippen LogP contribution in [-0.2, 0) is 27.7 Å². The van der Waals surface area contributed by atoms with Gasteiger partial charge in [-0.05, 0) is 41.7 Å². The van der Waals surface area contributed by atoms with Gasteiger partial charge in [-0.25, -0.2) is 0 Å². The minimum Gasteiger partial charge on any atom is -0.339 e. The van der Waals surface area contributed by atoms with Crippen molar-refractivity contribution in [3.63, 3.8) is 0 Å². The fraction of sp³-hybridized carbons (Fsp3) is 0.360. The summed E-state index contributed by atoms with van der Waals surface area (Å²) in [7, 11) is 0. The highest BCUT2D eigenvalue weighted by atomic mass is 19.4. The number of amides is 2. The van der Waals surface area contributed by atoms with Gasteiger partial charge in [-0.15, -0.1) is 0 Å². The first-order valence-electron chi connectivity index (χ1n) is 10.7. The van der Waals surface area contributed by atoms with Crippen LogP contribution in [0, 0.1) is 0 Å². The molecule has 1 spiro atoms. The predicted molar refractivity (Wildman–Crippen MR) is 116 cm³/mol. The molecule has 2 heterocycles. The normalized spacial score (nSPS) is 18.1. The minimum atomic E-state index is -4.47. The van der Waals surface area contributed by atoms with Crippen molar-refractivity contribution in [1.82, 2.24) is 9.80 Å². The number of fused-ring (bicyclic) bond motifs is 2. The summed E-state index contributed by atoms with van der Waals surface area (Å²) >= 11 is 0. The van der Waals surface area contributed by atoms with E-state index in [-0.39, 0.29) is 22.8 Å². The second kappa shape index (κ2) is 8.45. The van der Waals surface area contributed by atoms with Gasteiger partial charge in [0.15, 0.2) is 0 Å². The molecule has 2 aliphatic rings. The van der Waals surface area contributed by atoms with Crippen molar-refractivity contribution in [3.8, 4) is 0 Å². The number of carbonyl (C=O) groups excluding carboxylic acids is 2. The highest BCUT2D eigenvalue weighted by Crippen LogP contribution is 2.42. The van der Waals surface area contributed by atoms with Crippen molar-refractivity contribution in [3.05, 3.63) is 76.9 Å². The number of hydrogen-bond acceptors (Lipinski definition) is 2. The summed E-state index contributed by atoms with van der Waals surface area (Å²) in [6, 6.07) is 13.3. The fourth-order valence-electron chi connectivity index (χ4n) is 4.86. The second-order valence-electron chi connectivity index (χ2n) is 8.56. The van der Waals surface area contributed by atoms with Crippen molar-refractivity contribution in [2.24, 2.45) is 0 Å². The molecule has 2 aromatic rings. The zero-order chi connectivity index (χ0) is 22.9. The van der Waals surface area contributed by atoms with Crippen LogP contribution < -0.4 is 0 Å². The third kappa shape index (κ3) is 4.29. The lowest BCUT2D eigenvalue weighted by Gasteiger charge is -2.48. The largest absolute Gasteiger partial charge is 0.416 e. The number of benzene rings is 2. The first-order valence-corrected chi connectivity index (χ1v) is 10.7. The van der Waals surface area contributed by atoms with Crippen LogP contribution in [0.3, 0.4) is 0 Å². The van der Waals surface area contributed by atoms with Gasteiger partial charge >= 0.3 is 6.18 Å². The van der Waals surface area contributed by atoms with E-state index in [1.165, 1.54) is 35.9 Å². The first-order chi connectivity index (χ1) is 15.2. The van der Waals surface area contributed by atoms with E-state index in [4.69, 9.17) is 0 Å². The Morgan fingerprint density at radius 2 is 1.62 bits per heavy atom. The van der Waals surface area contributed by atoms with Crippen LogP contribution in [0.2, 0.25) is 0 Å². The maximum absolute atomic E-state index is 13.2. The van der Waals surface area contributed by atoms with Gasteiger partial charge in [-0.1, -0.05) is 42.5 Å². The lowest BCUT2D eigenvalue weighted by molar-refractivity contribution is -0.137.